The van der Waals surface area contributed by atoms with Gasteiger partial charge in [0.05, 0.1) is 11.7 Å². The molecule has 10 heteroatoms. The van der Waals surface area contributed by atoms with Gasteiger partial charge in [-0.3, -0.25) is 0 Å². The Bertz CT molecular complexity index is 1690. The van der Waals surface area contributed by atoms with Gasteiger partial charge in [-0.25, -0.2) is 17.6 Å². The summed E-state index contributed by atoms with van der Waals surface area (Å²) in [6.45, 7) is 1.91. The Morgan fingerprint density at radius 2 is 1.28 bits per heavy atom. The van der Waals surface area contributed by atoms with Crippen LogP contribution < -0.4 is 0 Å². The summed E-state index contributed by atoms with van der Waals surface area (Å²) in [7, 11) is 0. The van der Waals surface area contributed by atoms with Gasteiger partial charge in [-0.1, -0.05) is 61.5 Å². The molecule has 0 radical (unpaired) electrons. The molecule has 0 atom stereocenters. The standard InChI is InChI=1S/C36H29F9O/c1-2-3-4-21-5-16-29(31(38)17-21)36(44,45)46-27-13-10-23(11-14-27)22-6-8-24(9-7-22)25-12-15-28(30(37)18-25)26-19-32(39)34(33(40)20-26)35(41,42)43/h3-9,12,15-20,23,27H,2,10-11,13-14H2,1H3/b4-3+. The van der Waals surface area contributed by atoms with Crippen LogP contribution in [-0.2, 0) is 17.0 Å². The van der Waals surface area contributed by atoms with Crippen LogP contribution in [0.2, 0.25) is 0 Å². The third-order valence-corrected chi connectivity index (χ3v) is 8.16. The fraction of sp³-hybridized carbons (Fsp3) is 0.278. The van der Waals surface area contributed by atoms with Gasteiger partial charge >= 0.3 is 12.3 Å². The lowest BCUT2D eigenvalue weighted by Crippen LogP contribution is -2.30. The first-order valence-corrected chi connectivity index (χ1v) is 14.8. The van der Waals surface area contributed by atoms with Crippen molar-refractivity contribution in [2.45, 2.75) is 63.3 Å². The van der Waals surface area contributed by atoms with E-state index in [2.05, 4.69) is 0 Å². The van der Waals surface area contributed by atoms with Crippen molar-refractivity contribution >= 4 is 6.08 Å². The van der Waals surface area contributed by atoms with Crippen LogP contribution in [0.1, 0.15) is 67.2 Å². The van der Waals surface area contributed by atoms with E-state index < -0.39 is 52.8 Å². The summed E-state index contributed by atoms with van der Waals surface area (Å²) >= 11 is 0. The fourth-order valence-corrected chi connectivity index (χ4v) is 5.79. The molecule has 4 aromatic carbocycles. The second-order valence-electron chi connectivity index (χ2n) is 11.3. The Morgan fingerprint density at radius 1 is 0.674 bits per heavy atom. The first-order chi connectivity index (χ1) is 21.8. The van der Waals surface area contributed by atoms with Crippen LogP contribution in [0.5, 0.6) is 0 Å². The van der Waals surface area contributed by atoms with Gasteiger partial charge in [-0.05, 0) is 96.2 Å². The molecule has 0 aromatic heterocycles. The fourth-order valence-electron chi connectivity index (χ4n) is 5.79. The molecular formula is C36H29F9O. The Kier molecular flexibility index (Phi) is 9.67. The first-order valence-electron chi connectivity index (χ1n) is 14.8. The Balaban J connectivity index is 1.22. The molecule has 0 unspecified atom stereocenters. The van der Waals surface area contributed by atoms with E-state index in [9.17, 15) is 39.5 Å². The zero-order valence-electron chi connectivity index (χ0n) is 24.6. The Morgan fingerprint density at radius 3 is 1.85 bits per heavy atom. The summed E-state index contributed by atoms with van der Waals surface area (Å²) in [6.07, 6.45) is -3.76. The average molecular weight is 649 g/mol. The van der Waals surface area contributed by atoms with Crippen molar-refractivity contribution in [3.05, 3.63) is 124 Å². The van der Waals surface area contributed by atoms with E-state index in [1.807, 2.05) is 19.1 Å². The van der Waals surface area contributed by atoms with E-state index in [1.54, 1.807) is 24.3 Å². The number of hydrogen-bond donors (Lipinski definition) is 0. The average Bonchev–Trinajstić information content (AvgIpc) is 2.99. The highest BCUT2D eigenvalue weighted by Gasteiger charge is 2.40. The van der Waals surface area contributed by atoms with E-state index in [4.69, 9.17) is 4.74 Å². The highest BCUT2D eigenvalue weighted by molar-refractivity contribution is 5.71. The van der Waals surface area contributed by atoms with Crippen molar-refractivity contribution in [2.75, 3.05) is 0 Å². The Labute approximate surface area is 260 Å². The smallest absolute Gasteiger partial charge is 0.313 e. The maximum Gasteiger partial charge on any atom is 0.422 e. The lowest BCUT2D eigenvalue weighted by molar-refractivity contribution is -0.278. The number of hydrogen-bond acceptors (Lipinski definition) is 1. The zero-order valence-corrected chi connectivity index (χ0v) is 24.6. The Hall–Kier alpha value is -4.05. The summed E-state index contributed by atoms with van der Waals surface area (Å²) < 4.78 is 131. The van der Waals surface area contributed by atoms with Crippen molar-refractivity contribution in [1.29, 1.82) is 0 Å². The number of rotatable bonds is 8. The van der Waals surface area contributed by atoms with Gasteiger partial charge in [0.1, 0.15) is 28.8 Å². The molecular weight excluding hydrogens is 619 g/mol. The van der Waals surface area contributed by atoms with Gasteiger partial charge < -0.3 is 4.74 Å². The molecule has 4 aromatic rings. The minimum Gasteiger partial charge on any atom is -0.313 e. The molecule has 242 valence electrons. The SMILES string of the molecule is CC/C=C/c1ccc(C(F)(F)OC2CCC(c3ccc(-c4ccc(-c5cc(F)c(C(F)(F)F)c(F)c5)c(F)c4)cc3)CC2)c(F)c1. The molecule has 0 saturated heterocycles. The molecule has 1 aliphatic rings. The minimum absolute atomic E-state index is 0.0625. The summed E-state index contributed by atoms with van der Waals surface area (Å²) in [4.78, 5) is 0. The van der Waals surface area contributed by atoms with E-state index in [0.717, 1.165) is 30.2 Å². The lowest BCUT2D eigenvalue weighted by atomic mass is 9.82. The molecule has 0 amide bonds. The number of alkyl halides is 5. The number of allylic oxidation sites excluding steroid dienone is 1. The summed E-state index contributed by atoms with van der Waals surface area (Å²) in [5.41, 5.74) is -0.993. The van der Waals surface area contributed by atoms with Crippen molar-refractivity contribution in [1.82, 2.24) is 0 Å². The molecule has 1 nitrogen and oxygen atoms in total. The van der Waals surface area contributed by atoms with E-state index in [1.165, 1.54) is 18.2 Å². The molecule has 1 fully saturated rings. The zero-order chi connectivity index (χ0) is 33.2. The second kappa shape index (κ2) is 13.4. The van der Waals surface area contributed by atoms with Crippen LogP contribution in [0.15, 0.2) is 78.9 Å². The van der Waals surface area contributed by atoms with Crippen LogP contribution in [0, 0.1) is 23.3 Å². The van der Waals surface area contributed by atoms with Gasteiger partial charge in [-0.2, -0.15) is 22.0 Å². The molecule has 5 rings (SSSR count). The van der Waals surface area contributed by atoms with Crippen LogP contribution in [0.4, 0.5) is 39.5 Å². The highest BCUT2D eigenvalue weighted by atomic mass is 19.4. The molecule has 0 aliphatic heterocycles. The molecule has 1 aliphatic carbocycles. The van der Waals surface area contributed by atoms with E-state index >= 15 is 0 Å². The molecule has 0 bridgehead atoms. The van der Waals surface area contributed by atoms with Crippen molar-refractivity contribution in [2.24, 2.45) is 0 Å². The number of benzene rings is 4. The van der Waals surface area contributed by atoms with Crippen LogP contribution in [0.25, 0.3) is 28.3 Å². The third-order valence-electron chi connectivity index (χ3n) is 8.16. The molecule has 46 heavy (non-hydrogen) atoms. The van der Waals surface area contributed by atoms with Crippen LogP contribution in [-0.4, -0.2) is 6.10 Å². The molecule has 1 saturated carbocycles. The van der Waals surface area contributed by atoms with E-state index in [0.29, 0.717) is 54.5 Å². The van der Waals surface area contributed by atoms with Gasteiger partial charge in [-0.15, -0.1) is 0 Å². The third kappa shape index (κ3) is 7.33. The second-order valence-corrected chi connectivity index (χ2v) is 11.3. The summed E-state index contributed by atoms with van der Waals surface area (Å²) in [5.74, 6) is -5.52. The first kappa shape index (κ1) is 33.3. The number of halogens is 9. The molecule has 0 N–H and O–H groups in total. The topological polar surface area (TPSA) is 9.23 Å². The minimum atomic E-state index is -5.23. The van der Waals surface area contributed by atoms with Gasteiger partial charge in [0.2, 0.25) is 0 Å². The predicted octanol–water partition coefficient (Wildman–Crippen LogP) is 11.8. The highest BCUT2D eigenvalue weighted by Crippen LogP contribution is 2.41. The van der Waals surface area contributed by atoms with Crippen molar-refractivity contribution in [3.8, 4) is 22.3 Å². The quantitative estimate of drug-likeness (QED) is 0.173. The van der Waals surface area contributed by atoms with Crippen molar-refractivity contribution < 1.29 is 44.3 Å². The van der Waals surface area contributed by atoms with E-state index in [-0.39, 0.29) is 17.0 Å². The molecule has 0 heterocycles. The predicted molar refractivity (Wildman–Crippen MR) is 158 cm³/mol. The number of ether oxygens (including phenoxy) is 1. The van der Waals surface area contributed by atoms with Crippen LogP contribution >= 0.6 is 0 Å². The van der Waals surface area contributed by atoms with Gasteiger partial charge in [0, 0.05) is 5.56 Å². The molecule has 0 spiro atoms. The largest absolute Gasteiger partial charge is 0.422 e. The normalized spacial score (nSPS) is 17.5. The van der Waals surface area contributed by atoms with Crippen LogP contribution in [0.3, 0.4) is 0 Å². The summed E-state index contributed by atoms with van der Waals surface area (Å²) in [6, 6.07) is 15.4. The van der Waals surface area contributed by atoms with Crippen molar-refractivity contribution in [3.63, 3.8) is 0 Å². The maximum absolute atomic E-state index is 15.0. The van der Waals surface area contributed by atoms with Gasteiger partial charge in [0.15, 0.2) is 0 Å². The van der Waals surface area contributed by atoms with Gasteiger partial charge in [0.25, 0.3) is 0 Å². The lowest BCUT2D eigenvalue weighted by Gasteiger charge is -2.31. The summed E-state index contributed by atoms with van der Waals surface area (Å²) in [5, 5.41) is 0. The monoisotopic (exact) mass is 648 g/mol. The maximum atomic E-state index is 15.0.